The molecule has 1 heterocycles. The predicted molar refractivity (Wildman–Crippen MR) is 67.0 cm³/mol. The van der Waals surface area contributed by atoms with Crippen LogP contribution in [0.25, 0.3) is 0 Å². The quantitative estimate of drug-likeness (QED) is 0.793. The highest BCUT2D eigenvalue weighted by Gasteiger charge is 2.17. The first-order valence-corrected chi connectivity index (χ1v) is 6.07. The summed E-state index contributed by atoms with van der Waals surface area (Å²) in [5.74, 6) is 1.36. The Bertz CT molecular complexity index is 378. The lowest BCUT2D eigenvalue weighted by Gasteiger charge is -2.29. The number of hydrogen-bond acceptors (Lipinski definition) is 3. The monoisotopic (exact) mass is 232 g/mol. The highest BCUT2D eigenvalue weighted by Crippen LogP contribution is 2.18. The topological polar surface area (TPSA) is 29.5 Å². The smallest absolute Gasteiger partial charge is 0.233 e. The first-order valence-electron chi connectivity index (χ1n) is 6.07. The molecule has 1 aromatic carbocycles. The summed E-state index contributed by atoms with van der Waals surface area (Å²) in [6.45, 7) is 3.01. The van der Waals surface area contributed by atoms with Gasteiger partial charge >= 0.3 is 0 Å². The molecule has 0 bridgehead atoms. The van der Waals surface area contributed by atoms with Crippen molar-refractivity contribution in [1.82, 2.24) is 4.90 Å². The van der Waals surface area contributed by atoms with Crippen LogP contribution in [0.4, 0.5) is 0 Å². The molecule has 1 unspecified atom stereocenters. The standard InChI is InChI=1S/C14H18NO2/c1-15-7-3-5-13(9-15)11-17-14-6-2-4-12(8-14)10-16/h2,4,6,8,13H,3,5,7,9,11H2,1H3. The summed E-state index contributed by atoms with van der Waals surface area (Å²) in [7, 11) is 2.15. The van der Waals surface area contributed by atoms with E-state index < -0.39 is 0 Å². The van der Waals surface area contributed by atoms with E-state index in [0.717, 1.165) is 18.9 Å². The molecule has 0 saturated carbocycles. The van der Waals surface area contributed by atoms with Gasteiger partial charge in [0.2, 0.25) is 6.29 Å². The molecule has 91 valence electrons. The minimum absolute atomic E-state index is 0.545. The Labute approximate surface area is 102 Å². The Hall–Kier alpha value is -1.35. The average molecular weight is 232 g/mol. The number of hydrogen-bond donors (Lipinski definition) is 0. The summed E-state index contributed by atoms with van der Waals surface area (Å²) in [6.07, 6.45) is 4.34. The fraction of sp³-hybridized carbons (Fsp3) is 0.500. The van der Waals surface area contributed by atoms with Gasteiger partial charge in [-0.15, -0.1) is 0 Å². The first-order chi connectivity index (χ1) is 8.28. The van der Waals surface area contributed by atoms with Gasteiger partial charge < -0.3 is 9.64 Å². The molecule has 0 aliphatic carbocycles. The second kappa shape index (κ2) is 5.82. The van der Waals surface area contributed by atoms with Crippen LogP contribution in [-0.4, -0.2) is 37.9 Å². The normalized spacial score (nSPS) is 21.1. The molecular weight excluding hydrogens is 214 g/mol. The van der Waals surface area contributed by atoms with Crippen LogP contribution in [-0.2, 0) is 4.79 Å². The third-order valence-electron chi connectivity index (χ3n) is 3.16. The van der Waals surface area contributed by atoms with Crippen molar-refractivity contribution in [3.05, 3.63) is 29.8 Å². The Kier molecular flexibility index (Phi) is 4.15. The Morgan fingerprint density at radius 1 is 1.53 bits per heavy atom. The lowest BCUT2D eigenvalue weighted by atomic mass is 10.00. The van der Waals surface area contributed by atoms with Crippen molar-refractivity contribution in [2.75, 3.05) is 26.7 Å². The van der Waals surface area contributed by atoms with Gasteiger partial charge in [0.25, 0.3) is 0 Å². The molecule has 1 radical (unpaired) electrons. The van der Waals surface area contributed by atoms with Gasteiger partial charge in [0.1, 0.15) is 5.75 Å². The molecule has 0 aromatic heterocycles. The second-order valence-corrected chi connectivity index (χ2v) is 4.71. The van der Waals surface area contributed by atoms with Crippen LogP contribution in [0, 0.1) is 5.92 Å². The summed E-state index contributed by atoms with van der Waals surface area (Å²) < 4.78 is 5.73. The number of rotatable bonds is 4. The molecule has 0 N–H and O–H groups in total. The van der Waals surface area contributed by atoms with Gasteiger partial charge in [-0.1, -0.05) is 12.1 Å². The summed E-state index contributed by atoms with van der Waals surface area (Å²) in [5.41, 5.74) is 0.545. The van der Waals surface area contributed by atoms with E-state index in [1.165, 1.54) is 19.4 Å². The molecule has 1 aromatic rings. The molecule has 1 fully saturated rings. The molecule has 1 aliphatic heterocycles. The van der Waals surface area contributed by atoms with Crippen molar-refractivity contribution in [3.8, 4) is 5.75 Å². The molecular formula is C14H18NO2. The molecule has 17 heavy (non-hydrogen) atoms. The molecule has 1 atom stereocenters. The highest BCUT2D eigenvalue weighted by atomic mass is 16.5. The van der Waals surface area contributed by atoms with Crippen LogP contribution in [0.1, 0.15) is 18.4 Å². The van der Waals surface area contributed by atoms with Crippen molar-refractivity contribution in [2.45, 2.75) is 12.8 Å². The highest BCUT2D eigenvalue weighted by molar-refractivity contribution is 5.75. The third-order valence-corrected chi connectivity index (χ3v) is 3.16. The first kappa shape index (κ1) is 12.1. The minimum atomic E-state index is 0.545. The lowest BCUT2D eigenvalue weighted by Crippen LogP contribution is -2.34. The number of carbonyl (C=O) groups excluding carboxylic acids is 1. The van der Waals surface area contributed by atoms with Crippen LogP contribution < -0.4 is 4.74 Å². The van der Waals surface area contributed by atoms with Gasteiger partial charge in [-0.3, -0.25) is 4.79 Å². The van der Waals surface area contributed by atoms with Crippen molar-refractivity contribution in [2.24, 2.45) is 5.92 Å². The summed E-state index contributed by atoms with van der Waals surface area (Å²) in [6, 6.07) is 7.17. The van der Waals surface area contributed by atoms with Crippen LogP contribution in [0.5, 0.6) is 5.75 Å². The zero-order valence-electron chi connectivity index (χ0n) is 10.2. The van der Waals surface area contributed by atoms with Crippen molar-refractivity contribution in [1.29, 1.82) is 0 Å². The Balaban J connectivity index is 1.86. The fourth-order valence-electron chi connectivity index (χ4n) is 2.27. The molecule has 3 nitrogen and oxygen atoms in total. The molecule has 1 aliphatic rings. The molecule has 3 heteroatoms. The fourth-order valence-corrected chi connectivity index (χ4v) is 2.27. The van der Waals surface area contributed by atoms with E-state index in [9.17, 15) is 4.79 Å². The van der Waals surface area contributed by atoms with Crippen LogP contribution in [0.2, 0.25) is 0 Å². The SMILES string of the molecule is CN1CCCC(COc2cccc([C]=O)c2)C1. The largest absolute Gasteiger partial charge is 0.493 e. The molecule has 0 amide bonds. The predicted octanol–water partition coefficient (Wildman–Crippen LogP) is 1.86. The van der Waals surface area contributed by atoms with Gasteiger partial charge in [-0.2, -0.15) is 0 Å². The maximum atomic E-state index is 10.5. The van der Waals surface area contributed by atoms with Crippen LogP contribution in [0.15, 0.2) is 24.3 Å². The van der Waals surface area contributed by atoms with E-state index in [2.05, 4.69) is 11.9 Å². The van der Waals surface area contributed by atoms with Crippen molar-refractivity contribution < 1.29 is 9.53 Å². The average Bonchev–Trinajstić information content (AvgIpc) is 2.37. The van der Waals surface area contributed by atoms with E-state index >= 15 is 0 Å². The number of likely N-dealkylation sites (tertiary alicyclic amines) is 1. The summed E-state index contributed by atoms with van der Waals surface area (Å²) in [5, 5.41) is 0. The van der Waals surface area contributed by atoms with E-state index in [1.54, 1.807) is 12.1 Å². The van der Waals surface area contributed by atoms with Gasteiger partial charge in [0, 0.05) is 18.0 Å². The third kappa shape index (κ3) is 3.56. The van der Waals surface area contributed by atoms with Gasteiger partial charge in [-0.05, 0) is 38.6 Å². The van der Waals surface area contributed by atoms with Crippen molar-refractivity contribution >= 4 is 6.29 Å². The molecule has 0 spiro atoms. The number of nitrogens with zero attached hydrogens (tertiary/aromatic N) is 1. The summed E-state index contributed by atoms with van der Waals surface area (Å²) in [4.78, 5) is 12.9. The van der Waals surface area contributed by atoms with Gasteiger partial charge in [-0.25, -0.2) is 0 Å². The Morgan fingerprint density at radius 3 is 3.18 bits per heavy atom. The minimum Gasteiger partial charge on any atom is -0.493 e. The second-order valence-electron chi connectivity index (χ2n) is 4.71. The van der Waals surface area contributed by atoms with E-state index in [1.807, 2.05) is 18.4 Å². The zero-order valence-corrected chi connectivity index (χ0v) is 10.2. The molecule has 2 rings (SSSR count). The van der Waals surface area contributed by atoms with Crippen molar-refractivity contribution in [3.63, 3.8) is 0 Å². The van der Waals surface area contributed by atoms with Crippen LogP contribution in [0.3, 0.4) is 0 Å². The number of benzene rings is 1. The van der Waals surface area contributed by atoms with Crippen LogP contribution >= 0.6 is 0 Å². The lowest BCUT2D eigenvalue weighted by molar-refractivity contribution is 0.150. The zero-order chi connectivity index (χ0) is 12.1. The Morgan fingerprint density at radius 2 is 2.41 bits per heavy atom. The van der Waals surface area contributed by atoms with E-state index in [4.69, 9.17) is 4.74 Å². The van der Waals surface area contributed by atoms with E-state index in [0.29, 0.717) is 11.5 Å². The summed E-state index contributed by atoms with van der Waals surface area (Å²) >= 11 is 0. The maximum absolute atomic E-state index is 10.5. The number of piperidine rings is 1. The maximum Gasteiger partial charge on any atom is 0.233 e. The van der Waals surface area contributed by atoms with E-state index in [-0.39, 0.29) is 0 Å². The van der Waals surface area contributed by atoms with Gasteiger partial charge in [0.05, 0.1) is 6.61 Å². The number of ether oxygens (including phenoxy) is 1. The van der Waals surface area contributed by atoms with Gasteiger partial charge in [0.15, 0.2) is 0 Å². The molecule has 1 saturated heterocycles.